The molecule has 25 heavy (non-hydrogen) atoms. The minimum absolute atomic E-state index is 0.242. The molecule has 0 fully saturated rings. The van der Waals surface area contributed by atoms with Crippen LogP contribution in [-0.2, 0) is 16.0 Å². The largest absolute Gasteiger partial charge is 0.497 e. The fraction of sp³-hybridized carbons (Fsp3) is 0.526. The van der Waals surface area contributed by atoms with Crippen LogP contribution in [0.1, 0.15) is 31.7 Å². The molecule has 0 aliphatic carbocycles. The van der Waals surface area contributed by atoms with Crippen molar-refractivity contribution in [2.45, 2.75) is 50.9 Å². The minimum Gasteiger partial charge on any atom is -0.497 e. The molecule has 6 nitrogen and oxygen atoms in total. The van der Waals surface area contributed by atoms with Gasteiger partial charge in [-0.15, -0.1) is 0 Å². The van der Waals surface area contributed by atoms with Crippen LogP contribution in [0, 0.1) is 11.8 Å². The van der Waals surface area contributed by atoms with E-state index >= 15 is 0 Å². The van der Waals surface area contributed by atoms with Crippen molar-refractivity contribution in [3.05, 3.63) is 29.8 Å². The Hall–Kier alpha value is -2.07. The molecule has 0 amide bonds. The second kappa shape index (κ2) is 11.5. The molecule has 0 bridgehead atoms. The Balaban J connectivity index is 2.51. The number of benzene rings is 1. The molecule has 3 atom stereocenters. The Labute approximate surface area is 148 Å². The van der Waals surface area contributed by atoms with Gasteiger partial charge in [0.15, 0.2) is 6.10 Å². The Morgan fingerprint density at radius 2 is 1.84 bits per heavy atom. The number of hydrogen-bond donors (Lipinski definition) is 3. The Morgan fingerprint density at radius 1 is 1.16 bits per heavy atom. The predicted molar refractivity (Wildman–Crippen MR) is 93.0 cm³/mol. The molecule has 1 aromatic carbocycles. The normalized spacial score (nSPS) is 14.0. The molecular weight excluding hydrogens is 324 g/mol. The topological polar surface area (TPSA) is 96.2 Å². The smallest absolute Gasteiger partial charge is 0.303 e. The summed E-state index contributed by atoms with van der Waals surface area (Å²) in [7, 11) is 1.60. The first kappa shape index (κ1) is 21.0. The summed E-state index contributed by atoms with van der Waals surface area (Å²) in [5.74, 6) is 5.92. The molecule has 0 aromatic heterocycles. The van der Waals surface area contributed by atoms with Gasteiger partial charge in [-0.2, -0.15) is 0 Å². The summed E-state index contributed by atoms with van der Waals surface area (Å²) < 4.78 is 10.2. The van der Waals surface area contributed by atoms with Crippen molar-refractivity contribution < 1.29 is 29.6 Å². The predicted octanol–water partition coefficient (Wildman–Crippen LogP) is 1.06. The lowest BCUT2D eigenvalue weighted by molar-refractivity contribution is -0.144. The summed E-state index contributed by atoms with van der Waals surface area (Å²) in [6.45, 7) is 0.941. The zero-order chi connectivity index (χ0) is 18.7. The standard InChI is InChI=1S/C19H26O6/c1-14(21)25-19(11-8-17(23)13-20)5-3-4-16(22)12-15-6-9-18(24-2)10-7-15/h6-7,9-10,16-17,19-20,22-23H,4,8,11-13H2,1-2H3/t16?,17-,19?/m0/s1. The maximum absolute atomic E-state index is 11.1. The van der Waals surface area contributed by atoms with Gasteiger partial charge in [-0.25, -0.2) is 0 Å². The number of carbonyl (C=O) groups is 1. The monoisotopic (exact) mass is 350 g/mol. The van der Waals surface area contributed by atoms with Gasteiger partial charge in [0.05, 0.1) is 25.9 Å². The molecule has 1 aromatic rings. The molecule has 0 radical (unpaired) electrons. The maximum Gasteiger partial charge on any atom is 0.303 e. The third kappa shape index (κ3) is 9.11. The Bertz CT molecular complexity index is 572. The van der Waals surface area contributed by atoms with Crippen molar-refractivity contribution >= 4 is 5.97 Å². The lowest BCUT2D eigenvalue weighted by atomic mass is 10.1. The molecule has 0 heterocycles. The van der Waals surface area contributed by atoms with Gasteiger partial charge in [0.1, 0.15) is 5.75 Å². The number of hydrogen-bond acceptors (Lipinski definition) is 6. The highest BCUT2D eigenvalue weighted by molar-refractivity contribution is 5.66. The van der Waals surface area contributed by atoms with Gasteiger partial charge in [0.2, 0.25) is 0 Å². The fourth-order valence-electron chi connectivity index (χ4n) is 2.19. The van der Waals surface area contributed by atoms with Gasteiger partial charge in [-0.1, -0.05) is 24.0 Å². The Kier molecular flexibility index (Phi) is 9.63. The second-order valence-electron chi connectivity index (χ2n) is 5.74. The zero-order valence-corrected chi connectivity index (χ0v) is 14.6. The van der Waals surface area contributed by atoms with E-state index < -0.39 is 24.3 Å². The van der Waals surface area contributed by atoms with Crippen LogP contribution in [0.15, 0.2) is 24.3 Å². The second-order valence-corrected chi connectivity index (χ2v) is 5.74. The first-order chi connectivity index (χ1) is 11.9. The van der Waals surface area contributed by atoms with Crippen LogP contribution in [0.4, 0.5) is 0 Å². The van der Waals surface area contributed by atoms with E-state index in [4.69, 9.17) is 14.6 Å². The minimum atomic E-state index is -0.861. The van der Waals surface area contributed by atoms with Crippen molar-refractivity contribution in [2.24, 2.45) is 0 Å². The number of rotatable bonds is 9. The zero-order valence-electron chi connectivity index (χ0n) is 14.6. The maximum atomic E-state index is 11.1. The molecule has 0 saturated heterocycles. The molecule has 0 aliphatic rings. The van der Waals surface area contributed by atoms with E-state index in [9.17, 15) is 15.0 Å². The molecular formula is C19H26O6. The number of esters is 1. The third-order valence-electron chi connectivity index (χ3n) is 3.51. The molecule has 1 rings (SSSR count). The highest BCUT2D eigenvalue weighted by Crippen LogP contribution is 2.13. The summed E-state index contributed by atoms with van der Waals surface area (Å²) >= 11 is 0. The van der Waals surface area contributed by atoms with E-state index in [2.05, 4.69) is 11.8 Å². The lowest BCUT2D eigenvalue weighted by Crippen LogP contribution is -2.19. The number of aliphatic hydroxyl groups excluding tert-OH is 3. The van der Waals surface area contributed by atoms with Crippen LogP contribution in [0.5, 0.6) is 5.75 Å². The first-order valence-corrected chi connectivity index (χ1v) is 8.20. The molecule has 3 N–H and O–H groups in total. The first-order valence-electron chi connectivity index (χ1n) is 8.20. The number of ether oxygens (including phenoxy) is 2. The molecule has 0 saturated carbocycles. The van der Waals surface area contributed by atoms with Crippen LogP contribution >= 0.6 is 0 Å². The lowest BCUT2D eigenvalue weighted by Gasteiger charge is -2.13. The number of aliphatic hydroxyl groups is 3. The van der Waals surface area contributed by atoms with Gasteiger partial charge in [-0.3, -0.25) is 4.79 Å². The van der Waals surface area contributed by atoms with Gasteiger partial charge >= 0.3 is 5.97 Å². The van der Waals surface area contributed by atoms with Crippen LogP contribution in [0.25, 0.3) is 0 Å². The number of carbonyl (C=O) groups excluding carboxylic acids is 1. The molecule has 0 aliphatic heterocycles. The van der Waals surface area contributed by atoms with E-state index in [1.165, 1.54) is 6.92 Å². The van der Waals surface area contributed by atoms with Gasteiger partial charge in [0.25, 0.3) is 0 Å². The van der Waals surface area contributed by atoms with Gasteiger partial charge in [0, 0.05) is 13.3 Å². The van der Waals surface area contributed by atoms with Crippen molar-refractivity contribution in [3.63, 3.8) is 0 Å². The van der Waals surface area contributed by atoms with E-state index in [1.807, 2.05) is 24.3 Å². The summed E-state index contributed by atoms with van der Waals surface area (Å²) in [6.07, 6.45) is -0.860. The van der Waals surface area contributed by atoms with E-state index in [1.54, 1.807) is 7.11 Å². The number of methoxy groups -OCH3 is 1. The Morgan fingerprint density at radius 3 is 2.40 bits per heavy atom. The van der Waals surface area contributed by atoms with Gasteiger partial charge in [-0.05, 0) is 37.0 Å². The summed E-state index contributed by atoms with van der Waals surface area (Å²) in [5.41, 5.74) is 0.970. The average Bonchev–Trinajstić information content (AvgIpc) is 2.59. The van der Waals surface area contributed by atoms with Crippen molar-refractivity contribution in [2.75, 3.05) is 13.7 Å². The van der Waals surface area contributed by atoms with Crippen molar-refractivity contribution in [1.82, 2.24) is 0 Å². The van der Waals surface area contributed by atoms with Crippen molar-refractivity contribution in [1.29, 1.82) is 0 Å². The average molecular weight is 350 g/mol. The molecule has 6 heteroatoms. The van der Waals surface area contributed by atoms with Gasteiger partial charge < -0.3 is 24.8 Å². The summed E-state index contributed by atoms with van der Waals surface area (Å²) in [5, 5.41) is 28.3. The van der Waals surface area contributed by atoms with Crippen LogP contribution in [0.2, 0.25) is 0 Å². The van der Waals surface area contributed by atoms with E-state index in [-0.39, 0.29) is 19.4 Å². The summed E-state index contributed by atoms with van der Waals surface area (Å²) in [4.78, 5) is 11.1. The van der Waals surface area contributed by atoms with E-state index in [0.29, 0.717) is 12.8 Å². The SMILES string of the molecule is COc1ccc(CC(O)CC#CC(CC[C@H](O)CO)OC(C)=O)cc1. The fourth-order valence-corrected chi connectivity index (χ4v) is 2.19. The van der Waals surface area contributed by atoms with Crippen molar-refractivity contribution in [3.8, 4) is 17.6 Å². The van der Waals surface area contributed by atoms with Crippen LogP contribution in [0.3, 0.4) is 0 Å². The van der Waals surface area contributed by atoms with Crippen LogP contribution < -0.4 is 4.74 Å². The molecule has 2 unspecified atom stereocenters. The quantitative estimate of drug-likeness (QED) is 0.455. The molecule has 138 valence electrons. The highest BCUT2D eigenvalue weighted by Gasteiger charge is 2.12. The van der Waals surface area contributed by atoms with Crippen LogP contribution in [-0.4, -0.2) is 53.3 Å². The summed E-state index contributed by atoms with van der Waals surface area (Å²) in [6, 6.07) is 7.43. The molecule has 0 spiro atoms. The highest BCUT2D eigenvalue weighted by atomic mass is 16.5. The van der Waals surface area contributed by atoms with E-state index in [0.717, 1.165) is 11.3 Å². The third-order valence-corrected chi connectivity index (χ3v) is 3.51.